The zero-order chi connectivity index (χ0) is 18.4. The standard InChI is InChI=1S/C20H27N5S/c1-4-21-20(24(3)13-11-17-8-7-15-26-17)22-12-14-25-16(2)23-18-9-5-6-10-19(18)25/h5-10,15H,4,11-14H2,1-3H3,(H,21,22). The average Bonchev–Trinajstić information content (AvgIpc) is 3.27. The maximum Gasteiger partial charge on any atom is 0.193 e. The highest BCUT2D eigenvalue weighted by molar-refractivity contribution is 7.09. The highest BCUT2D eigenvalue weighted by atomic mass is 32.1. The Hall–Kier alpha value is -2.34. The largest absolute Gasteiger partial charge is 0.357 e. The lowest BCUT2D eigenvalue weighted by Crippen LogP contribution is -2.40. The van der Waals surface area contributed by atoms with Gasteiger partial charge in [0.15, 0.2) is 5.96 Å². The van der Waals surface area contributed by atoms with Crippen molar-refractivity contribution in [1.82, 2.24) is 19.8 Å². The van der Waals surface area contributed by atoms with Crippen molar-refractivity contribution in [2.45, 2.75) is 26.8 Å². The molecule has 6 heteroatoms. The lowest BCUT2D eigenvalue weighted by Gasteiger charge is -2.22. The van der Waals surface area contributed by atoms with E-state index in [1.54, 1.807) is 0 Å². The third-order valence-electron chi connectivity index (χ3n) is 4.40. The molecule has 3 aromatic rings. The van der Waals surface area contributed by atoms with E-state index in [0.29, 0.717) is 0 Å². The van der Waals surface area contributed by atoms with Crippen molar-refractivity contribution in [3.05, 3.63) is 52.5 Å². The summed E-state index contributed by atoms with van der Waals surface area (Å²) < 4.78 is 2.24. The van der Waals surface area contributed by atoms with E-state index < -0.39 is 0 Å². The molecule has 138 valence electrons. The summed E-state index contributed by atoms with van der Waals surface area (Å²) >= 11 is 1.81. The summed E-state index contributed by atoms with van der Waals surface area (Å²) in [5.74, 6) is 2.00. The van der Waals surface area contributed by atoms with Crippen LogP contribution in [0.25, 0.3) is 11.0 Å². The van der Waals surface area contributed by atoms with Gasteiger partial charge < -0.3 is 14.8 Å². The summed E-state index contributed by atoms with van der Waals surface area (Å²) in [5, 5.41) is 5.53. The van der Waals surface area contributed by atoms with Crippen LogP contribution in [-0.4, -0.2) is 47.1 Å². The molecule has 0 atom stereocenters. The van der Waals surface area contributed by atoms with Crippen LogP contribution < -0.4 is 5.32 Å². The predicted molar refractivity (Wildman–Crippen MR) is 111 cm³/mol. The van der Waals surface area contributed by atoms with Crippen LogP contribution in [0.3, 0.4) is 0 Å². The maximum absolute atomic E-state index is 4.82. The summed E-state index contributed by atoms with van der Waals surface area (Å²) in [6.45, 7) is 7.56. The van der Waals surface area contributed by atoms with E-state index in [2.05, 4.69) is 76.4 Å². The van der Waals surface area contributed by atoms with E-state index in [-0.39, 0.29) is 0 Å². The minimum Gasteiger partial charge on any atom is -0.357 e. The number of nitrogens with zero attached hydrogens (tertiary/aromatic N) is 4. The Balaban J connectivity index is 1.63. The molecule has 0 bridgehead atoms. The second kappa shape index (κ2) is 8.85. The zero-order valence-corrected chi connectivity index (χ0v) is 16.6. The SMILES string of the molecule is CCNC(=NCCn1c(C)nc2ccccc21)N(C)CCc1cccs1. The topological polar surface area (TPSA) is 45.5 Å². The molecule has 0 unspecified atom stereocenters. The lowest BCUT2D eigenvalue weighted by molar-refractivity contribution is 0.485. The van der Waals surface area contributed by atoms with Crippen molar-refractivity contribution in [2.75, 3.05) is 26.7 Å². The molecule has 0 spiro atoms. The summed E-state index contributed by atoms with van der Waals surface area (Å²) in [7, 11) is 2.10. The monoisotopic (exact) mass is 369 g/mol. The molecule has 26 heavy (non-hydrogen) atoms. The van der Waals surface area contributed by atoms with Crippen molar-refractivity contribution in [3.8, 4) is 0 Å². The fraction of sp³-hybridized carbons (Fsp3) is 0.400. The normalized spacial score (nSPS) is 11.9. The number of rotatable bonds is 7. The van der Waals surface area contributed by atoms with E-state index in [4.69, 9.17) is 4.99 Å². The number of hydrogen-bond acceptors (Lipinski definition) is 3. The highest BCUT2D eigenvalue weighted by Crippen LogP contribution is 2.15. The summed E-state index contributed by atoms with van der Waals surface area (Å²) in [5.41, 5.74) is 2.23. The molecule has 0 aliphatic carbocycles. The quantitative estimate of drug-likeness (QED) is 0.512. The van der Waals surface area contributed by atoms with Crippen LogP contribution in [0.1, 0.15) is 17.6 Å². The minimum atomic E-state index is 0.729. The van der Waals surface area contributed by atoms with Crippen LogP contribution in [0.15, 0.2) is 46.8 Å². The molecule has 0 fully saturated rings. The van der Waals surface area contributed by atoms with Crippen molar-refractivity contribution in [2.24, 2.45) is 4.99 Å². The molecule has 0 saturated carbocycles. The molecular weight excluding hydrogens is 342 g/mol. The van der Waals surface area contributed by atoms with Gasteiger partial charge in [0.1, 0.15) is 5.82 Å². The highest BCUT2D eigenvalue weighted by Gasteiger charge is 2.08. The Morgan fingerprint density at radius 3 is 2.88 bits per heavy atom. The first-order valence-electron chi connectivity index (χ1n) is 9.12. The Morgan fingerprint density at radius 1 is 1.27 bits per heavy atom. The maximum atomic E-state index is 4.82. The smallest absolute Gasteiger partial charge is 0.193 e. The summed E-state index contributed by atoms with van der Waals surface area (Å²) in [6, 6.07) is 12.6. The first-order valence-corrected chi connectivity index (χ1v) is 10.0. The summed E-state index contributed by atoms with van der Waals surface area (Å²) in [4.78, 5) is 13.1. The number of benzene rings is 1. The molecule has 5 nitrogen and oxygen atoms in total. The Labute approximate surface area is 159 Å². The molecule has 2 aromatic heterocycles. The number of imidazole rings is 1. The molecule has 2 heterocycles. The third-order valence-corrected chi connectivity index (χ3v) is 5.34. The molecule has 0 aliphatic rings. The minimum absolute atomic E-state index is 0.729. The number of fused-ring (bicyclic) bond motifs is 1. The number of aromatic nitrogens is 2. The Kier molecular flexibility index (Phi) is 6.28. The molecule has 0 amide bonds. The Morgan fingerprint density at radius 2 is 2.12 bits per heavy atom. The van der Waals surface area contributed by atoms with Gasteiger partial charge >= 0.3 is 0 Å². The van der Waals surface area contributed by atoms with Crippen molar-refractivity contribution in [3.63, 3.8) is 0 Å². The molecule has 1 N–H and O–H groups in total. The van der Waals surface area contributed by atoms with Gasteiger partial charge in [-0.3, -0.25) is 4.99 Å². The van der Waals surface area contributed by atoms with Crippen molar-refractivity contribution in [1.29, 1.82) is 0 Å². The fourth-order valence-electron chi connectivity index (χ4n) is 3.04. The number of para-hydroxylation sites is 2. The molecule has 1 aromatic carbocycles. The number of aryl methyl sites for hydroxylation is 1. The van der Waals surface area contributed by atoms with Crippen LogP contribution in [0.4, 0.5) is 0 Å². The van der Waals surface area contributed by atoms with Crippen LogP contribution in [0.2, 0.25) is 0 Å². The van der Waals surface area contributed by atoms with E-state index in [1.807, 2.05) is 17.4 Å². The number of thiophene rings is 1. The van der Waals surface area contributed by atoms with Crippen LogP contribution in [0.5, 0.6) is 0 Å². The molecular formula is C20H27N5S. The van der Waals surface area contributed by atoms with Crippen LogP contribution in [0, 0.1) is 6.92 Å². The van der Waals surface area contributed by atoms with Gasteiger partial charge in [0.25, 0.3) is 0 Å². The molecule has 3 rings (SSSR count). The van der Waals surface area contributed by atoms with E-state index in [0.717, 1.165) is 49.9 Å². The van der Waals surface area contributed by atoms with Crippen LogP contribution in [-0.2, 0) is 13.0 Å². The van der Waals surface area contributed by atoms with Crippen molar-refractivity contribution < 1.29 is 0 Å². The van der Waals surface area contributed by atoms with Gasteiger partial charge in [0.05, 0.1) is 17.6 Å². The van der Waals surface area contributed by atoms with Gasteiger partial charge in [-0.15, -0.1) is 11.3 Å². The van der Waals surface area contributed by atoms with Gasteiger partial charge in [-0.2, -0.15) is 0 Å². The first-order chi connectivity index (χ1) is 12.7. The van der Waals surface area contributed by atoms with Gasteiger partial charge in [-0.05, 0) is 43.8 Å². The second-order valence-electron chi connectivity index (χ2n) is 6.29. The average molecular weight is 370 g/mol. The number of guanidine groups is 1. The third kappa shape index (κ3) is 4.43. The number of nitrogens with one attached hydrogen (secondary N) is 1. The number of likely N-dealkylation sites (N-methyl/N-ethyl adjacent to an activating group) is 1. The van der Waals surface area contributed by atoms with Crippen molar-refractivity contribution >= 4 is 28.3 Å². The van der Waals surface area contributed by atoms with Gasteiger partial charge in [-0.25, -0.2) is 4.98 Å². The fourth-order valence-corrected chi connectivity index (χ4v) is 3.74. The molecule has 0 radical (unpaired) electrons. The van der Waals surface area contributed by atoms with Gasteiger partial charge in [-0.1, -0.05) is 18.2 Å². The zero-order valence-electron chi connectivity index (χ0n) is 15.8. The summed E-state index contributed by atoms with van der Waals surface area (Å²) in [6.07, 6.45) is 1.05. The Bertz CT molecular complexity index is 850. The number of aliphatic imine (C=N–C) groups is 1. The van der Waals surface area contributed by atoms with E-state index in [1.165, 1.54) is 10.4 Å². The predicted octanol–water partition coefficient (Wildman–Crippen LogP) is 3.55. The lowest BCUT2D eigenvalue weighted by atomic mass is 10.3. The first kappa shape index (κ1) is 18.5. The van der Waals surface area contributed by atoms with Crippen LogP contribution >= 0.6 is 11.3 Å². The second-order valence-corrected chi connectivity index (χ2v) is 7.32. The molecule has 0 aliphatic heterocycles. The number of hydrogen-bond donors (Lipinski definition) is 1. The molecule has 0 saturated heterocycles. The van der Waals surface area contributed by atoms with E-state index in [9.17, 15) is 0 Å². The van der Waals surface area contributed by atoms with E-state index >= 15 is 0 Å². The van der Waals surface area contributed by atoms with Gasteiger partial charge in [0, 0.05) is 31.6 Å². The van der Waals surface area contributed by atoms with Gasteiger partial charge in [0.2, 0.25) is 0 Å².